The van der Waals surface area contributed by atoms with Gasteiger partial charge in [0.1, 0.15) is 5.92 Å². The van der Waals surface area contributed by atoms with Crippen LogP contribution < -0.4 is 5.32 Å². The van der Waals surface area contributed by atoms with Crippen molar-refractivity contribution in [2.24, 2.45) is 5.92 Å². The first-order valence-corrected chi connectivity index (χ1v) is 5.92. The van der Waals surface area contributed by atoms with E-state index >= 15 is 0 Å². The Kier molecular flexibility index (Phi) is 4.28. The van der Waals surface area contributed by atoms with Gasteiger partial charge in [-0.3, -0.25) is 9.59 Å². The molecule has 0 fully saturated rings. The molecule has 0 radical (unpaired) electrons. The van der Waals surface area contributed by atoms with Crippen molar-refractivity contribution in [2.75, 3.05) is 5.32 Å². The molecule has 1 unspecified atom stereocenters. The largest absolute Gasteiger partial charge is 0.481 e. The van der Waals surface area contributed by atoms with Crippen LogP contribution in [-0.2, 0) is 9.59 Å². The Bertz CT molecular complexity index is 448. The Hall–Kier alpha value is -1.36. The lowest BCUT2D eigenvalue weighted by atomic mass is 10.1. The number of carboxylic acid groups (broad SMARTS) is 1. The highest BCUT2D eigenvalue weighted by Crippen LogP contribution is 2.28. The SMILES string of the molecule is Cc1cc(C)c(NC(=O)C(C)C(=O)O)c(Br)c1. The van der Waals surface area contributed by atoms with Gasteiger partial charge in [0.2, 0.25) is 5.91 Å². The Morgan fingerprint density at radius 1 is 1.35 bits per heavy atom. The monoisotopic (exact) mass is 299 g/mol. The minimum Gasteiger partial charge on any atom is -0.481 e. The van der Waals surface area contributed by atoms with Crippen LogP contribution in [0.15, 0.2) is 16.6 Å². The first kappa shape index (κ1) is 13.7. The number of hydrogen-bond acceptors (Lipinski definition) is 2. The van der Waals surface area contributed by atoms with E-state index in [2.05, 4.69) is 21.2 Å². The summed E-state index contributed by atoms with van der Waals surface area (Å²) in [5.41, 5.74) is 2.58. The number of nitrogens with one attached hydrogen (secondary N) is 1. The fraction of sp³-hybridized carbons (Fsp3) is 0.333. The van der Waals surface area contributed by atoms with Crippen LogP contribution in [-0.4, -0.2) is 17.0 Å². The smallest absolute Gasteiger partial charge is 0.315 e. The number of aryl methyl sites for hydroxylation is 2. The van der Waals surface area contributed by atoms with E-state index in [1.807, 2.05) is 26.0 Å². The predicted octanol–water partition coefficient (Wildman–Crippen LogP) is 2.73. The highest BCUT2D eigenvalue weighted by molar-refractivity contribution is 9.10. The van der Waals surface area contributed by atoms with E-state index in [-0.39, 0.29) is 0 Å². The first-order chi connectivity index (χ1) is 7.82. The highest BCUT2D eigenvalue weighted by Gasteiger charge is 2.21. The zero-order valence-electron chi connectivity index (χ0n) is 9.87. The quantitative estimate of drug-likeness (QED) is 0.843. The molecule has 1 atom stereocenters. The van der Waals surface area contributed by atoms with Crippen LogP contribution in [0.5, 0.6) is 0 Å². The molecule has 0 aliphatic heterocycles. The van der Waals surface area contributed by atoms with Gasteiger partial charge in [0, 0.05) is 4.47 Å². The molecule has 0 bridgehead atoms. The molecule has 0 saturated heterocycles. The van der Waals surface area contributed by atoms with E-state index < -0.39 is 17.8 Å². The number of aliphatic carboxylic acids is 1. The molecule has 92 valence electrons. The zero-order chi connectivity index (χ0) is 13.2. The van der Waals surface area contributed by atoms with Gasteiger partial charge in [-0.05, 0) is 53.9 Å². The van der Waals surface area contributed by atoms with E-state index in [1.54, 1.807) is 0 Å². The van der Waals surface area contributed by atoms with Gasteiger partial charge >= 0.3 is 5.97 Å². The summed E-state index contributed by atoms with van der Waals surface area (Å²) in [6.07, 6.45) is 0. The average molecular weight is 300 g/mol. The second-order valence-corrected chi connectivity index (χ2v) is 4.84. The molecule has 0 aliphatic rings. The average Bonchev–Trinajstić information content (AvgIpc) is 2.21. The van der Waals surface area contributed by atoms with Crippen molar-refractivity contribution in [3.8, 4) is 0 Å². The lowest BCUT2D eigenvalue weighted by Crippen LogP contribution is -2.27. The third-order valence-electron chi connectivity index (χ3n) is 2.44. The number of carboxylic acids is 1. The Morgan fingerprint density at radius 3 is 2.41 bits per heavy atom. The predicted molar refractivity (Wildman–Crippen MR) is 69.0 cm³/mol. The third kappa shape index (κ3) is 3.30. The van der Waals surface area contributed by atoms with Crippen LogP contribution in [0.1, 0.15) is 18.1 Å². The summed E-state index contributed by atoms with van der Waals surface area (Å²) < 4.78 is 0.751. The Morgan fingerprint density at radius 2 is 1.94 bits per heavy atom. The van der Waals surface area contributed by atoms with Gasteiger partial charge in [0.05, 0.1) is 5.69 Å². The molecular weight excluding hydrogens is 286 g/mol. The molecule has 17 heavy (non-hydrogen) atoms. The van der Waals surface area contributed by atoms with Crippen molar-refractivity contribution in [3.63, 3.8) is 0 Å². The summed E-state index contributed by atoms with van der Waals surface area (Å²) in [4.78, 5) is 22.3. The van der Waals surface area contributed by atoms with Crippen LogP contribution in [0.3, 0.4) is 0 Å². The molecule has 0 aliphatic carbocycles. The summed E-state index contributed by atoms with van der Waals surface area (Å²) in [5.74, 6) is -2.73. The normalized spacial score (nSPS) is 12.0. The van der Waals surface area contributed by atoms with E-state index in [4.69, 9.17) is 5.11 Å². The van der Waals surface area contributed by atoms with Crippen LogP contribution in [0.4, 0.5) is 5.69 Å². The number of halogens is 1. The van der Waals surface area contributed by atoms with Gasteiger partial charge in [-0.1, -0.05) is 6.07 Å². The number of rotatable bonds is 3. The van der Waals surface area contributed by atoms with Gasteiger partial charge in [0.15, 0.2) is 0 Å². The minimum atomic E-state index is -1.14. The van der Waals surface area contributed by atoms with Gasteiger partial charge < -0.3 is 10.4 Å². The van der Waals surface area contributed by atoms with Crippen LogP contribution in [0.2, 0.25) is 0 Å². The second kappa shape index (κ2) is 5.31. The number of hydrogen-bond donors (Lipinski definition) is 2. The molecule has 0 saturated carbocycles. The summed E-state index contributed by atoms with van der Waals surface area (Å²) in [6, 6.07) is 3.79. The summed E-state index contributed by atoms with van der Waals surface area (Å²) in [5, 5.41) is 11.4. The summed E-state index contributed by atoms with van der Waals surface area (Å²) >= 11 is 3.35. The van der Waals surface area contributed by atoms with Crippen molar-refractivity contribution in [1.82, 2.24) is 0 Å². The fourth-order valence-electron chi connectivity index (χ4n) is 1.42. The van der Waals surface area contributed by atoms with E-state index in [1.165, 1.54) is 6.92 Å². The Balaban J connectivity index is 2.96. The van der Waals surface area contributed by atoms with Gasteiger partial charge in [0.25, 0.3) is 0 Å². The van der Waals surface area contributed by atoms with Crippen molar-refractivity contribution < 1.29 is 14.7 Å². The molecule has 0 spiro atoms. The molecular formula is C12H14BrNO3. The molecule has 5 heteroatoms. The maximum Gasteiger partial charge on any atom is 0.315 e. The van der Waals surface area contributed by atoms with Gasteiger partial charge in [-0.15, -0.1) is 0 Å². The zero-order valence-corrected chi connectivity index (χ0v) is 11.5. The molecule has 1 aromatic carbocycles. The molecule has 0 heterocycles. The molecule has 2 N–H and O–H groups in total. The van der Waals surface area contributed by atoms with Crippen molar-refractivity contribution in [3.05, 3.63) is 27.7 Å². The first-order valence-electron chi connectivity index (χ1n) is 5.13. The number of benzene rings is 1. The maximum absolute atomic E-state index is 11.6. The Labute approximate surface area is 108 Å². The van der Waals surface area contributed by atoms with Crippen molar-refractivity contribution >= 4 is 33.5 Å². The second-order valence-electron chi connectivity index (χ2n) is 3.99. The van der Waals surface area contributed by atoms with E-state index in [0.717, 1.165) is 15.6 Å². The molecule has 4 nitrogen and oxygen atoms in total. The third-order valence-corrected chi connectivity index (χ3v) is 3.07. The van der Waals surface area contributed by atoms with Crippen LogP contribution in [0, 0.1) is 19.8 Å². The van der Waals surface area contributed by atoms with E-state index in [9.17, 15) is 9.59 Å². The number of carbonyl (C=O) groups is 2. The number of anilines is 1. The standard InChI is InChI=1S/C12H14BrNO3/c1-6-4-7(2)10(9(13)5-6)14-11(15)8(3)12(16)17/h4-5,8H,1-3H3,(H,14,15)(H,16,17). The number of amides is 1. The van der Waals surface area contributed by atoms with Crippen molar-refractivity contribution in [2.45, 2.75) is 20.8 Å². The van der Waals surface area contributed by atoms with Gasteiger partial charge in [-0.25, -0.2) is 0 Å². The highest BCUT2D eigenvalue weighted by atomic mass is 79.9. The minimum absolute atomic E-state index is 0.523. The fourth-order valence-corrected chi connectivity index (χ4v) is 2.19. The van der Waals surface area contributed by atoms with E-state index in [0.29, 0.717) is 5.69 Å². The topological polar surface area (TPSA) is 66.4 Å². The molecule has 1 rings (SSSR count). The maximum atomic E-state index is 11.6. The van der Waals surface area contributed by atoms with Crippen LogP contribution in [0.25, 0.3) is 0 Å². The molecule has 1 amide bonds. The summed E-state index contributed by atoms with van der Waals surface area (Å²) in [6.45, 7) is 5.16. The van der Waals surface area contributed by atoms with Crippen molar-refractivity contribution in [1.29, 1.82) is 0 Å². The van der Waals surface area contributed by atoms with Crippen LogP contribution >= 0.6 is 15.9 Å². The molecule has 1 aromatic rings. The lowest BCUT2D eigenvalue weighted by Gasteiger charge is -2.13. The number of carbonyl (C=O) groups excluding carboxylic acids is 1. The lowest BCUT2D eigenvalue weighted by molar-refractivity contribution is -0.144. The summed E-state index contributed by atoms with van der Waals surface area (Å²) in [7, 11) is 0. The van der Waals surface area contributed by atoms with Gasteiger partial charge in [-0.2, -0.15) is 0 Å². The molecule has 0 aromatic heterocycles.